The summed E-state index contributed by atoms with van der Waals surface area (Å²) in [5, 5.41) is 19.4. The summed E-state index contributed by atoms with van der Waals surface area (Å²) in [7, 11) is 0. The van der Waals surface area contributed by atoms with E-state index < -0.39 is 22.5 Å². The molecule has 0 radical (unpaired) electrons. The van der Waals surface area contributed by atoms with E-state index in [1.54, 1.807) is 12.1 Å². The summed E-state index contributed by atoms with van der Waals surface area (Å²) >= 11 is 1.48. The summed E-state index contributed by atoms with van der Waals surface area (Å²) in [5.74, 6) is -1.44. The van der Waals surface area contributed by atoms with Crippen molar-refractivity contribution in [3.63, 3.8) is 0 Å². The molecule has 0 atom stereocenters. The molecule has 0 aliphatic carbocycles. The zero-order chi connectivity index (χ0) is 17.8. The fraction of sp³-hybridized carbons (Fsp3) is 0.125. The Morgan fingerprint density at radius 2 is 2.12 bits per heavy atom. The number of halogens is 1. The van der Waals surface area contributed by atoms with Crippen LogP contribution < -0.4 is 5.32 Å². The second-order valence-corrected chi connectivity index (χ2v) is 6.19. The van der Waals surface area contributed by atoms with E-state index in [4.69, 9.17) is 0 Å². The first kappa shape index (κ1) is 16.8. The van der Waals surface area contributed by atoms with Gasteiger partial charge >= 0.3 is 5.82 Å². The highest BCUT2D eigenvalue weighted by Crippen LogP contribution is 2.16. The predicted octanol–water partition coefficient (Wildman–Crippen LogP) is 2.97. The van der Waals surface area contributed by atoms with Gasteiger partial charge in [-0.2, -0.15) is 4.68 Å². The van der Waals surface area contributed by atoms with Crippen molar-refractivity contribution in [3.8, 4) is 0 Å². The lowest BCUT2D eigenvalue weighted by molar-refractivity contribution is -0.389. The number of rotatable bonds is 6. The third-order valence-electron chi connectivity index (χ3n) is 3.47. The summed E-state index contributed by atoms with van der Waals surface area (Å²) in [6, 6.07) is 10.8. The zero-order valence-electron chi connectivity index (χ0n) is 12.9. The van der Waals surface area contributed by atoms with Crippen LogP contribution >= 0.6 is 11.3 Å². The topological polar surface area (TPSA) is 90.1 Å². The van der Waals surface area contributed by atoms with Crippen molar-refractivity contribution in [2.24, 2.45) is 0 Å². The van der Waals surface area contributed by atoms with E-state index in [2.05, 4.69) is 10.4 Å². The van der Waals surface area contributed by atoms with Gasteiger partial charge in [-0.25, -0.2) is 4.39 Å². The lowest BCUT2D eigenvalue weighted by Gasteiger charge is -2.05. The molecule has 1 N–H and O–H groups in total. The lowest BCUT2D eigenvalue weighted by atomic mass is 10.2. The molecule has 25 heavy (non-hydrogen) atoms. The van der Waals surface area contributed by atoms with E-state index in [9.17, 15) is 19.3 Å². The van der Waals surface area contributed by atoms with Gasteiger partial charge in [-0.05, 0) is 22.4 Å². The Hall–Kier alpha value is -3.07. The van der Waals surface area contributed by atoms with Gasteiger partial charge in [0.15, 0.2) is 5.69 Å². The maximum Gasteiger partial charge on any atom is 0.390 e. The minimum absolute atomic E-state index is 0.00603. The molecule has 2 aromatic heterocycles. The minimum atomic E-state index is -0.687. The van der Waals surface area contributed by atoms with E-state index in [1.807, 2.05) is 17.5 Å². The Labute approximate surface area is 145 Å². The number of carbonyl (C=O) groups is 1. The van der Waals surface area contributed by atoms with Gasteiger partial charge in [0.1, 0.15) is 5.82 Å². The van der Waals surface area contributed by atoms with Gasteiger partial charge in [0.2, 0.25) is 0 Å². The van der Waals surface area contributed by atoms with Crippen LogP contribution in [0.3, 0.4) is 0 Å². The fourth-order valence-corrected chi connectivity index (χ4v) is 2.90. The first-order chi connectivity index (χ1) is 12.0. The Balaban J connectivity index is 1.85. The van der Waals surface area contributed by atoms with Crippen LogP contribution in [0.5, 0.6) is 0 Å². The van der Waals surface area contributed by atoms with Crippen LogP contribution in [-0.2, 0) is 13.1 Å². The van der Waals surface area contributed by atoms with Gasteiger partial charge in [0, 0.05) is 10.4 Å². The lowest BCUT2D eigenvalue weighted by Crippen LogP contribution is -2.25. The Morgan fingerprint density at radius 3 is 2.80 bits per heavy atom. The molecule has 0 bridgehead atoms. The summed E-state index contributed by atoms with van der Waals surface area (Å²) in [4.78, 5) is 23.6. The van der Waals surface area contributed by atoms with Crippen LogP contribution in [0.25, 0.3) is 0 Å². The van der Waals surface area contributed by atoms with E-state index in [0.29, 0.717) is 6.54 Å². The van der Waals surface area contributed by atoms with Crippen molar-refractivity contribution in [2.45, 2.75) is 13.1 Å². The number of carbonyl (C=O) groups excluding carboxylic acids is 1. The highest BCUT2D eigenvalue weighted by atomic mass is 32.1. The molecular weight excluding hydrogens is 347 g/mol. The molecule has 0 fully saturated rings. The summed E-state index contributed by atoms with van der Waals surface area (Å²) in [5.41, 5.74) is 0.291. The highest BCUT2D eigenvalue weighted by Gasteiger charge is 2.24. The van der Waals surface area contributed by atoms with Crippen molar-refractivity contribution in [1.29, 1.82) is 0 Å². The zero-order valence-corrected chi connectivity index (χ0v) is 13.7. The maximum atomic E-state index is 13.8. The molecule has 0 unspecified atom stereocenters. The van der Waals surface area contributed by atoms with Crippen molar-refractivity contribution in [3.05, 3.63) is 79.9 Å². The number of amides is 1. The van der Waals surface area contributed by atoms with Crippen LogP contribution in [0.15, 0.2) is 47.8 Å². The molecule has 0 spiro atoms. The van der Waals surface area contributed by atoms with E-state index in [1.165, 1.54) is 23.5 Å². The molecule has 0 saturated heterocycles. The average molecular weight is 360 g/mol. The first-order valence-corrected chi connectivity index (χ1v) is 8.19. The van der Waals surface area contributed by atoms with E-state index in [0.717, 1.165) is 15.6 Å². The summed E-state index contributed by atoms with van der Waals surface area (Å²) in [6.45, 7) is 0.220. The van der Waals surface area contributed by atoms with Gasteiger partial charge in [-0.3, -0.25) is 4.79 Å². The van der Waals surface area contributed by atoms with Crippen LogP contribution in [0.1, 0.15) is 20.9 Å². The largest absolute Gasteiger partial charge is 0.390 e. The quantitative estimate of drug-likeness (QED) is 0.540. The van der Waals surface area contributed by atoms with Crippen molar-refractivity contribution >= 4 is 23.1 Å². The molecule has 0 aliphatic heterocycles. The van der Waals surface area contributed by atoms with Crippen LogP contribution in [-0.4, -0.2) is 20.6 Å². The predicted molar refractivity (Wildman–Crippen MR) is 89.9 cm³/mol. The van der Waals surface area contributed by atoms with Gasteiger partial charge in [0.05, 0.1) is 24.3 Å². The number of nitrogens with zero attached hydrogens (tertiary/aromatic N) is 3. The van der Waals surface area contributed by atoms with Crippen molar-refractivity contribution in [1.82, 2.24) is 15.1 Å². The number of benzene rings is 1. The standard InChI is InChI=1S/C16H13FN4O3S/c17-13-6-2-1-4-11(13)10-20-14(8-15(19-20)21(23)24)16(22)18-9-12-5-3-7-25-12/h1-8H,9-10H2,(H,18,22). The molecule has 0 saturated carbocycles. The first-order valence-electron chi connectivity index (χ1n) is 7.31. The molecule has 3 aromatic rings. The van der Waals surface area contributed by atoms with E-state index in [-0.39, 0.29) is 17.8 Å². The Bertz CT molecular complexity index is 908. The minimum Gasteiger partial charge on any atom is -0.358 e. The van der Waals surface area contributed by atoms with E-state index >= 15 is 0 Å². The molecule has 1 aromatic carbocycles. The number of thiophene rings is 1. The maximum absolute atomic E-state index is 13.8. The molecule has 7 nitrogen and oxygen atoms in total. The van der Waals surface area contributed by atoms with Crippen LogP contribution in [0, 0.1) is 15.9 Å². The number of nitro groups is 1. The number of nitrogens with one attached hydrogen (secondary N) is 1. The normalized spacial score (nSPS) is 10.6. The molecule has 9 heteroatoms. The highest BCUT2D eigenvalue weighted by molar-refractivity contribution is 7.09. The van der Waals surface area contributed by atoms with Gasteiger partial charge in [0.25, 0.3) is 5.91 Å². The third kappa shape index (κ3) is 3.89. The Kier molecular flexibility index (Phi) is 4.85. The summed E-state index contributed by atoms with van der Waals surface area (Å²) < 4.78 is 15.0. The van der Waals surface area contributed by atoms with Gasteiger partial charge < -0.3 is 15.4 Å². The average Bonchev–Trinajstić information content (AvgIpc) is 3.24. The Morgan fingerprint density at radius 1 is 1.32 bits per heavy atom. The SMILES string of the molecule is O=C(NCc1cccs1)c1cc([N+](=O)[O-])nn1Cc1ccccc1F. The second kappa shape index (κ2) is 7.22. The monoisotopic (exact) mass is 360 g/mol. The second-order valence-electron chi connectivity index (χ2n) is 5.16. The van der Waals surface area contributed by atoms with Crippen molar-refractivity contribution in [2.75, 3.05) is 0 Å². The van der Waals surface area contributed by atoms with Crippen LogP contribution in [0.4, 0.5) is 10.2 Å². The van der Waals surface area contributed by atoms with Crippen molar-refractivity contribution < 1.29 is 14.1 Å². The fourth-order valence-electron chi connectivity index (χ4n) is 2.25. The number of aromatic nitrogens is 2. The summed E-state index contributed by atoms with van der Waals surface area (Å²) in [6.07, 6.45) is 0. The molecule has 3 rings (SSSR count). The van der Waals surface area contributed by atoms with Crippen LogP contribution in [0.2, 0.25) is 0 Å². The molecule has 2 heterocycles. The molecule has 128 valence electrons. The smallest absolute Gasteiger partial charge is 0.358 e. The molecule has 0 aliphatic rings. The third-order valence-corrected chi connectivity index (χ3v) is 4.34. The molecule has 1 amide bonds. The number of hydrogen-bond acceptors (Lipinski definition) is 5. The molecular formula is C16H13FN4O3S. The van der Waals surface area contributed by atoms with Gasteiger partial charge in [-0.15, -0.1) is 11.3 Å². The number of hydrogen-bond donors (Lipinski definition) is 1. The van der Waals surface area contributed by atoms with Gasteiger partial charge in [-0.1, -0.05) is 24.3 Å².